The Morgan fingerprint density at radius 2 is 1.72 bits per heavy atom. The molecule has 1 fully saturated rings. The number of halogens is 2. The van der Waals surface area contributed by atoms with E-state index in [0.717, 1.165) is 12.3 Å². The highest BCUT2D eigenvalue weighted by molar-refractivity contribution is 5.85. The maximum Gasteiger partial charge on any atom is 0.118 e. The van der Waals surface area contributed by atoms with Gasteiger partial charge in [-0.1, -0.05) is 12.1 Å². The van der Waals surface area contributed by atoms with Gasteiger partial charge in [0.2, 0.25) is 0 Å². The zero-order valence-corrected chi connectivity index (χ0v) is 12.3. The Balaban J connectivity index is 0.00000144. The summed E-state index contributed by atoms with van der Waals surface area (Å²) in [5.41, 5.74) is 7.37. The molecule has 0 saturated carbocycles. The van der Waals surface area contributed by atoms with Crippen LogP contribution in [0.25, 0.3) is 0 Å². The second-order valence-electron chi connectivity index (χ2n) is 4.39. The van der Waals surface area contributed by atoms with Crippen LogP contribution in [0.4, 0.5) is 0 Å². The fourth-order valence-electron chi connectivity index (χ4n) is 2.20. The second kappa shape index (κ2) is 8.59. The Morgan fingerprint density at radius 1 is 1.17 bits per heavy atom. The minimum Gasteiger partial charge on any atom is -0.497 e. The predicted molar refractivity (Wildman–Crippen MR) is 80.1 cm³/mol. The number of nitrogens with zero attached hydrogens (tertiary/aromatic N) is 1. The first-order valence-electron chi connectivity index (χ1n) is 5.91. The molecule has 1 aromatic rings. The van der Waals surface area contributed by atoms with Crippen LogP contribution in [0.15, 0.2) is 24.3 Å². The molecule has 5 heteroatoms. The summed E-state index contributed by atoms with van der Waals surface area (Å²) in [4.78, 5) is 2.44. The molecule has 2 rings (SSSR count). The summed E-state index contributed by atoms with van der Waals surface area (Å²) in [6.45, 7) is 3.36. The average molecular weight is 293 g/mol. The van der Waals surface area contributed by atoms with Crippen molar-refractivity contribution in [2.45, 2.75) is 18.9 Å². The summed E-state index contributed by atoms with van der Waals surface area (Å²) in [5.74, 6) is 0.886. The van der Waals surface area contributed by atoms with Crippen LogP contribution in [0.2, 0.25) is 0 Å². The molecule has 18 heavy (non-hydrogen) atoms. The lowest BCUT2D eigenvalue weighted by molar-refractivity contribution is 0.316. The molecule has 1 atom stereocenters. The van der Waals surface area contributed by atoms with Crippen LogP contribution >= 0.6 is 24.8 Å². The van der Waals surface area contributed by atoms with Crippen LogP contribution in [0.5, 0.6) is 5.75 Å². The Bertz CT molecular complexity index is 326. The molecule has 1 aliphatic heterocycles. The SMILES string of the molecule is COc1ccc(C(N)CN2CCCC2)cc1.Cl.Cl. The van der Waals surface area contributed by atoms with E-state index in [1.54, 1.807) is 7.11 Å². The van der Waals surface area contributed by atoms with Gasteiger partial charge in [-0.15, -0.1) is 24.8 Å². The van der Waals surface area contributed by atoms with Gasteiger partial charge in [-0.05, 0) is 43.6 Å². The average Bonchev–Trinajstić information content (AvgIpc) is 2.82. The summed E-state index contributed by atoms with van der Waals surface area (Å²) in [6, 6.07) is 8.17. The van der Waals surface area contributed by atoms with E-state index in [0.29, 0.717) is 0 Å². The first kappa shape index (κ1) is 17.5. The minimum absolute atomic E-state index is 0. The number of hydrogen-bond acceptors (Lipinski definition) is 3. The standard InChI is InChI=1S/C13H20N2O.2ClH/c1-16-12-6-4-11(5-7-12)13(14)10-15-8-2-3-9-15;;/h4-7,13H,2-3,8-10,14H2,1H3;2*1H. The zero-order chi connectivity index (χ0) is 11.4. The monoisotopic (exact) mass is 292 g/mol. The summed E-state index contributed by atoms with van der Waals surface area (Å²) < 4.78 is 5.13. The topological polar surface area (TPSA) is 38.5 Å². The molecular formula is C13H22Cl2N2O. The van der Waals surface area contributed by atoms with E-state index < -0.39 is 0 Å². The van der Waals surface area contributed by atoms with Crippen LogP contribution in [0, 0.1) is 0 Å². The van der Waals surface area contributed by atoms with Gasteiger partial charge in [-0.25, -0.2) is 0 Å². The van der Waals surface area contributed by atoms with Crippen molar-refractivity contribution < 1.29 is 4.74 Å². The van der Waals surface area contributed by atoms with Crippen LogP contribution in [-0.2, 0) is 0 Å². The molecule has 0 bridgehead atoms. The highest BCUT2D eigenvalue weighted by atomic mass is 35.5. The van der Waals surface area contributed by atoms with Gasteiger partial charge in [0, 0.05) is 12.6 Å². The Morgan fingerprint density at radius 3 is 2.22 bits per heavy atom. The molecule has 0 aromatic heterocycles. The fraction of sp³-hybridized carbons (Fsp3) is 0.538. The maximum atomic E-state index is 6.18. The summed E-state index contributed by atoms with van der Waals surface area (Å²) in [7, 11) is 1.68. The van der Waals surface area contributed by atoms with Crippen LogP contribution in [0.1, 0.15) is 24.4 Å². The molecule has 0 amide bonds. The van der Waals surface area contributed by atoms with Crippen molar-refractivity contribution in [3.8, 4) is 5.75 Å². The predicted octanol–water partition coefficient (Wildman–Crippen LogP) is 2.63. The van der Waals surface area contributed by atoms with Gasteiger partial charge in [0.25, 0.3) is 0 Å². The zero-order valence-electron chi connectivity index (χ0n) is 10.7. The summed E-state index contributed by atoms with van der Waals surface area (Å²) >= 11 is 0. The quantitative estimate of drug-likeness (QED) is 0.927. The molecule has 1 saturated heterocycles. The van der Waals surface area contributed by atoms with Crippen LogP contribution in [0.3, 0.4) is 0 Å². The number of likely N-dealkylation sites (tertiary alicyclic amines) is 1. The number of hydrogen-bond donors (Lipinski definition) is 1. The first-order valence-corrected chi connectivity index (χ1v) is 5.91. The Labute approximate surface area is 121 Å². The molecule has 0 aliphatic carbocycles. The Kier molecular flexibility index (Phi) is 8.36. The molecule has 1 aliphatic rings. The number of benzene rings is 1. The third kappa shape index (κ3) is 4.65. The van der Waals surface area contributed by atoms with Crippen molar-refractivity contribution >= 4 is 24.8 Å². The third-order valence-corrected chi connectivity index (χ3v) is 3.20. The van der Waals surface area contributed by atoms with Gasteiger partial charge in [-0.2, -0.15) is 0 Å². The molecular weight excluding hydrogens is 271 g/mol. The largest absolute Gasteiger partial charge is 0.497 e. The van der Waals surface area contributed by atoms with E-state index in [-0.39, 0.29) is 30.9 Å². The molecule has 104 valence electrons. The summed E-state index contributed by atoms with van der Waals surface area (Å²) in [5, 5.41) is 0. The van der Waals surface area contributed by atoms with E-state index in [4.69, 9.17) is 10.5 Å². The number of ether oxygens (including phenoxy) is 1. The van der Waals surface area contributed by atoms with Crippen molar-refractivity contribution in [2.24, 2.45) is 5.73 Å². The molecule has 1 aromatic carbocycles. The Hall–Kier alpha value is -0.480. The highest BCUT2D eigenvalue weighted by Crippen LogP contribution is 2.18. The van der Waals surface area contributed by atoms with Gasteiger partial charge in [0.1, 0.15) is 5.75 Å². The lowest BCUT2D eigenvalue weighted by atomic mass is 10.1. The molecule has 2 N–H and O–H groups in total. The molecule has 1 heterocycles. The van der Waals surface area contributed by atoms with Crippen molar-refractivity contribution in [1.82, 2.24) is 4.90 Å². The van der Waals surface area contributed by atoms with Crippen LogP contribution in [-0.4, -0.2) is 31.6 Å². The lowest BCUT2D eigenvalue weighted by Gasteiger charge is -2.20. The van der Waals surface area contributed by atoms with Crippen molar-refractivity contribution in [1.29, 1.82) is 0 Å². The third-order valence-electron chi connectivity index (χ3n) is 3.20. The molecule has 3 nitrogen and oxygen atoms in total. The van der Waals surface area contributed by atoms with Gasteiger partial charge in [0.05, 0.1) is 7.11 Å². The van der Waals surface area contributed by atoms with E-state index in [9.17, 15) is 0 Å². The van der Waals surface area contributed by atoms with Gasteiger partial charge < -0.3 is 15.4 Å². The van der Waals surface area contributed by atoms with Crippen LogP contribution < -0.4 is 10.5 Å². The fourth-order valence-corrected chi connectivity index (χ4v) is 2.20. The second-order valence-corrected chi connectivity index (χ2v) is 4.39. The van der Waals surface area contributed by atoms with Crippen molar-refractivity contribution in [3.05, 3.63) is 29.8 Å². The number of rotatable bonds is 4. The van der Waals surface area contributed by atoms with Gasteiger partial charge in [0.15, 0.2) is 0 Å². The first-order chi connectivity index (χ1) is 7.79. The smallest absolute Gasteiger partial charge is 0.118 e. The number of nitrogens with two attached hydrogens (primary N) is 1. The van der Waals surface area contributed by atoms with Gasteiger partial charge in [-0.3, -0.25) is 0 Å². The van der Waals surface area contributed by atoms with Crippen molar-refractivity contribution in [3.63, 3.8) is 0 Å². The van der Waals surface area contributed by atoms with E-state index in [1.807, 2.05) is 12.1 Å². The van der Waals surface area contributed by atoms with E-state index >= 15 is 0 Å². The molecule has 1 unspecified atom stereocenters. The maximum absolute atomic E-state index is 6.18. The summed E-state index contributed by atoms with van der Waals surface area (Å²) in [6.07, 6.45) is 2.63. The molecule has 0 spiro atoms. The minimum atomic E-state index is 0. The van der Waals surface area contributed by atoms with E-state index in [1.165, 1.54) is 31.5 Å². The lowest BCUT2D eigenvalue weighted by Crippen LogP contribution is -2.29. The van der Waals surface area contributed by atoms with Gasteiger partial charge >= 0.3 is 0 Å². The van der Waals surface area contributed by atoms with Crippen molar-refractivity contribution in [2.75, 3.05) is 26.7 Å². The number of methoxy groups -OCH3 is 1. The molecule has 0 radical (unpaired) electrons. The highest BCUT2D eigenvalue weighted by Gasteiger charge is 2.15. The van der Waals surface area contributed by atoms with E-state index in [2.05, 4.69) is 17.0 Å². The normalized spacial score (nSPS) is 16.6.